The normalized spacial score (nSPS) is 28.0. The minimum absolute atomic E-state index is 0.510. The highest BCUT2D eigenvalue weighted by Gasteiger charge is 2.48. The molecule has 26 heavy (non-hydrogen) atoms. The third-order valence-electron chi connectivity index (χ3n) is 5.54. The average molecular weight is 363 g/mol. The van der Waals surface area contributed by atoms with E-state index in [-0.39, 0.29) is 0 Å². The Kier molecular flexibility index (Phi) is 14.8. The van der Waals surface area contributed by atoms with Crippen LogP contribution in [0.25, 0.3) is 0 Å². The molecule has 3 unspecified atom stereocenters. The van der Waals surface area contributed by atoms with E-state index in [1.54, 1.807) is 19.4 Å². The maximum Gasteiger partial charge on any atom is 0.119 e. The Morgan fingerprint density at radius 3 is 2.27 bits per heavy atom. The third-order valence-corrected chi connectivity index (χ3v) is 5.54. The fourth-order valence-corrected chi connectivity index (χ4v) is 4.49. The lowest BCUT2D eigenvalue weighted by atomic mass is 9.63. The highest BCUT2D eigenvalue weighted by molar-refractivity contribution is 5.18. The highest BCUT2D eigenvalue weighted by atomic mass is 16.3. The molecule has 0 spiro atoms. The van der Waals surface area contributed by atoms with Gasteiger partial charge in [-0.2, -0.15) is 0 Å². The van der Waals surface area contributed by atoms with Crippen LogP contribution < -0.4 is 0 Å². The van der Waals surface area contributed by atoms with Crippen molar-refractivity contribution in [2.24, 2.45) is 17.3 Å². The largest absolute Gasteiger partial charge is 0.378 e. The van der Waals surface area contributed by atoms with E-state index in [2.05, 4.69) is 44.9 Å². The SMILES string of the molecule is C/C=C1\CCCC2(C)C(CCC#CC(C)(C)O)CCC12.C=C.CC.CC. The number of rotatable bonds is 2. The number of aliphatic hydroxyl groups is 1. The zero-order chi connectivity index (χ0) is 20.8. The summed E-state index contributed by atoms with van der Waals surface area (Å²) in [5.41, 5.74) is 1.38. The van der Waals surface area contributed by atoms with Crippen molar-refractivity contribution in [2.75, 3.05) is 0 Å². The van der Waals surface area contributed by atoms with Gasteiger partial charge in [0.2, 0.25) is 0 Å². The lowest BCUT2D eigenvalue weighted by molar-refractivity contribution is 0.130. The van der Waals surface area contributed by atoms with Crippen LogP contribution in [-0.2, 0) is 0 Å². The number of hydrogen-bond donors (Lipinski definition) is 1. The minimum atomic E-state index is -0.842. The molecular formula is C25H46O. The van der Waals surface area contributed by atoms with Gasteiger partial charge in [-0.05, 0) is 76.5 Å². The smallest absolute Gasteiger partial charge is 0.119 e. The fourth-order valence-electron chi connectivity index (χ4n) is 4.49. The summed E-state index contributed by atoms with van der Waals surface area (Å²) in [6, 6.07) is 0. The number of fused-ring (bicyclic) bond motifs is 1. The Morgan fingerprint density at radius 1 is 1.19 bits per heavy atom. The van der Waals surface area contributed by atoms with Gasteiger partial charge in [0.15, 0.2) is 0 Å². The van der Waals surface area contributed by atoms with Crippen molar-refractivity contribution in [3.8, 4) is 11.8 Å². The van der Waals surface area contributed by atoms with Gasteiger partial charge >= 0.3 is 0 Å². The summed E-state index contributed by atoms with van der Waals surface area (Å²) < 4.78 is 0. The quantitative estimate of drug-likeness (QED) is 0.397. The van der Waals surface area contributed by atoms with Gasteiger partial charge in [-0.1, -0.05) is 52.2 Å². The molecule has 1 N–H and O–H groups in total. The van der Waals surface area contributed by atoms with Crippen LogP contribution in [0.5, 0.6) is 0 Å². The van der Waals surface area contributed by atoms with Crippen LogP contribution in [0.2, 0.25) is 0 Å². The van der Waals surface area contributed by atoms with Gasteiger partial charge in [-0.15, -0.1) is 19.1 Å². The van der Waals surface area contributed by atoms with Crippen LogP contribution in [0.15, 0.2) is 24.8 Å². The van der Waals surface area contributed by atoms with Gasteiger partial charge in [-0.3, -0.25) is 0 Å². The average Bonchev–Trinajstić information content (AvgIpc) is 2.99. The maximum atomic E-state index is 9.63. The molecule has 2 rings (SSSR count). The van der Waals surface area contributed by atoms with E-state index >= 15 is 0 Å². The van der Waals surface area contributed by atoms with Crippen LogP contribution >= 0.6 is 0 Å². The Bertz CT molecular complexity index is 443. The lowest BCUT2D eigenvalue weighted by Crippen LogP contribution is -2.33. The van der Waals surface area contributed by atoms with E-state index in [0.717, 1.165) is 18.3 Å². The second kappa shape index (κ2) is 14.1. The molecule has 0 heterocycles. The molecule has 0 radical (unpaired) electrons. The Hall–Kier alpha value is -1.00. The summed E-state index contributed by atoms with van der Waals surface area (Å²) in [7, 11) is 0. The first-order valence-electron chi connectivity index (χ1n) is 10.7. The van der Waals surface area contributed by atoms with Gasteiger partial charge in [0.05, 0.1) is 0 Å². The van der Waals surface area contributed by atoms with Gasteiger partial charge in [0, 0.05) is 6.42 Å². The van der Waals surface area contributed by atoms with Gasteiger partial charge in [0.1, 0.15) is 5.60 Å². The van der Waals surface area contributed by atoms with Gasteiger partial charge in [-0.25, -0.2) is 0 Å². The van der Waals surface area contributed by atoms with Crippen molar-refractivity contribution in [1.82, 2.24) is 0 Å². The summed E-state index contributed by atoms with van der Waals surface area (Å²) in [6.07, 6.45) is 11.3. The summed E-state index contributed by atoms with van der Waals surface area (Å²) in [6.45, 7) is 22.2. The second-order valence-corrected chi connectivity index (χ2v) is 7.45. The molecule has 152 valence electrons. The zero-order valence-electron chi connectivity index (χ0n) is 19.0. The highest BCUT2D eigenvalue weighted by Crippen LogP contribution is 2.58. The third kappa shape index (κ3) is 8.13. The standard InChI is InChI=1S/C19H30O.2C2H6.C2H4/c1-5-15-9-8-14-19(4)16(11-12-17(15)19)10-6-7-13-18(2,3)20;3*1-2/h5,16-17,20H,6,8-12,14H2,1-4H3;2*1-2H3;1-2H2/b15-5+;;;. The van der Waals surface area contributed by atoms with Gasteiger partial charge in [0.25, 0.3) is 0 Å². The molecule has 0 aromatic rings. The van der Waals surface area contributed by atoms with Crippen LogP contribution in [-0.4, -0.2) is 10.7 Å². The van der Waals surface area contributed by atoms with E-state index < -0.39 is 5.60 Å². The van der Waals surface area contributed by atoms with Crippen molar-refractivity contribution in [3.05, 3.63) is 24.8 Å². The molecule has 2 aliphatic rings. The molecule has 1 heteroatoms. The van der Waals surface area contributed by atoms with E-state index in [9.17, 15) is 5.11 Å². The summed E-state index contributed by atoms with van der Waals surface area (Å²) in [4.78, 5) is 0. The molecule has 0 aromatic carbocycles. The molecule has 2 saturated carbocycles. The van der Waals surface area contributed by atoms with E-state index in [0.29, 0.717) is 5.41 Å². The summed E-state index contributed by atoms with van der Waals surface area (Å²) in [5, 5.41) is 9.63. The van der Waals surface area contributed by atoms with Crippen LogP contribution in [0.1, 0.15) is 100 Å². The first kappa shape index (κ1) is 27.2. The van der Waals surface area contributed by atoms with Crippen molar-refractivity contribution in [3.63, 3.8) is 0 Å². The molecule has 1 nitrogen and oxygen atoms in total. The van der Waals surface area contributed by atoms with Gasteiger partial charge < -0.3 is 5.11 Å². The Morgan fingerprint density at radius 2 is 1.77 bits per heavy atom. The predicted molar refractivity (Wildman–Crippen MR) is 119 cm³/mol. The van der Waals surface area contributed by atoms with Crippen molar-refractivity contribution < 1.29 is 5.11 Å². The van der Waals surface area contributed by atoms with Crippen LogP contribution in [0.3, 0.4) is 0 Å². The zero-order valence-corrected chi connectivity index (χ0v) is 19.0. The first-order valence-corrected chi connectivity index (χ1v) is 10.7. The maximum absolute atomic E-state index is 9.63. The fraction of sp³-hybridized carbons (Fsp3) is 0.760. The van der Waals surface area contributed by atoms with E-state index in [1.807, 2.05) is 27.7 Å². The van der Waals surface area contributed by atoms with Crippen molar-refractivity contribution in [2.45, 2.75) is 106 Å². The molecular weight excluding hydrogens is 316 g/mol. The predicted octanol–water partition coefficient (Wildman–Crippen LogP) is 7.56. The van der Waals surface area contributed by atoms with E-state index in [1.165, 1.54) is 38.5 Å². The Labute approximate surface area is 165 Å². The van der Waals surface area contributed by atoms with Crippen molar-refractivity contribution in [1.29, 1.82) is 0 Å². The van der Waals surface area contributed by atoms with E-state index in [4.69, 9.17) is 0 Å². The van der Waals surface area contributed by atoms with Crippen molar-refractivity contribution >= 4 is 0 Å². The minimum Gasteiger partial charge on any atom is -0.378 e. The molecule has 0 saturated heterocycles. The van der Waals surface area contributed by atoms with Crippen LogP contribution in [0.4, 0.5) is 0 Å². The molecule has 0 bridgehead atoms. The molecule has 2 aliphatic carbocycles. The molecule has 2 fully saturated rings. The monoisotopic (exact) mass is 362 g/mol. The molecule has 3 atom stereocenters. The molecule has 0 amide bonds. The lowest BCUT2D eigenvalue weighted by Gasteiger charge is -2.42. The Balaban J connectivity index is 0. The molecule has 0 aliphatic heterocycles. The first-order chi connectivity index (χ1) is 12.4. The summed E-state index contributed by atoms with van der Waals surface area (Å²) in [5.74, 6) is 7.77. The molecule has 0 aromatic heterocycles. The van der Waals surface area contributed by atoms with Crippen LogP contribution in [0, 0.1) is 29.1 Å². The topological polar surface area (TPSA) is 20.2 Å². The summed E-state index contributed by atoms with van der Waals surface area (Å²) >= 11 is 0. The number of hydrogen-bond acceptors (Lipinski definition) is 1. The second-order valence-electron chi connectivity index (χ2n) is 7.45. The number of allylic oxidation sites excluding steroid dienone is 2.